The highest BCUT2D eigenvalue weighted by Gasteiger charge is 2.14. The number of benzene rings is 2. The van der Waals surface area contributed by atoms with Crippen LogP contribution in [0.15, 0.2) is 54.6 Å². The Morgan fingerprint density at radius 3 is 2.39 bits per heavy atom. The lowest BCUT2D eigenvalue weighted by molar-refractivity contribution is 0.0966. The Morgan fingerprint density at radius 1 is 1.00 bits per heavy atom. The molecule has 3 heteroatoms. The van der Waals surface area contributed by atoms with Crippen molar-refractivity contribution in [2.24, 2.45) is 0 Å². The first-order chi connectivity index (χ1) is 11.2. The van der Waals surface area contributed by atoms with Crippen LogP contribution in [0, 0.1) is 0 Å². The Balaban J connectivity index is 2.12. The van der Waals surface area contributed by atoms with E-state index in [4.69, 9.17) is 4.74 Å². The summed E-state index contributed by atoms with van der Waals surface area (Å²) in [4.78, 5) is 2.29. The molecule has 0 aromatic heterocycles. The first kappa shape index (κ1) is 17.5. The van der Waals surface area contributed by atoms with E-state index in [-0.39, 0.29) is 6.10 Å². The van der Waals surface area contributed by atoms with Gasteiger partial charge in [-0.15, -0.1) is 0 Å². The van der Waals surface area contributed by atoms with E-state index in [1.807, 2.05) is 24.3 Å². The molecule has 0 bridgehead atoms. The minimum absolute atomic E-state index is 0.293. The molecule has 0 saturated carbocycles. The molecule has 0 fully saturated rings. The molecular formula is C20H27NO2. The molecule has 0 saturated heterocycles. The summed E-state index contributed by atoms with van der Waals surface area (Å²) in [6.45, 7) is 4.35. The summed E-state index contributed by atoms with van der Waals surface area (Å²) in [7, 11) is 1.70. The molecule has 0 aliphatic heterocycles. The van der Waals surface area contributed by atoms with Gasteiger partial charge in [-0.25, -0.2) is 0 Å². The third-order valence-electron chi connectivity index (χ3n) is 3.93. The zero-order chi connectivity index (χ0) is 16.5. The van der Waals surface area contributed by atoms with Crippen molar-refractivity contribution in [3.05, 3.63) is 65.7 Å². The van der Waals surface area contributed by atoms with E-state index in [9.17, 15) is 5.11 Å². The summed E-state index contributed by atoms with van der Waals surface area (Å²) in [5, 5.41) is 10.2. The number of aliphatic hydroxyl groups excluding tert-OH is 1. The second kappa shape index (κ2) is 9.33. The molecule has 23 heavy (non-hydrogen) atoms. The van der Waals surface area contributed by atoms with Crippen LogP contribution in [0.25, 0.3) is 0 Å². The highest BCUT2D eigenvalue weighted by atomic mass is 16.5. The van der Waals surface area contributed by atoms with E-state index in [0.717, 1.165) is 37.2 Å². The van der Waals surface area contributed by atoms with Gasteiger partial charge in [-0.1, -0.05) is 61.9 Å². The molecule has 2 aromatic carbocycles. The zero-order valence-corrected chi connectivity index (χ0v) is 14.1. The number of hydrogen-bond acceptors (Lipinski definition) is 3. The lowest BCUT2D eigenvalue weighted by atomic mass is 10.1. The predicted octanol–water partition coefficient (Wildman–Crippen LogP) is 3.86. The van der Waals surface area contributed by atoms with Crippen LogP contribution in [-0.4, -0.2) is 29.8 Å². The second-order valence-electron chi connectivity index (χ2n) is 5.91. The minimum Gasteiger partial charge on any atom is -0.496 e. The van der Waals surface area contributed by atoms with Crippen LogP contribution in [0.2, 0.25) is 0 Å². The zero-order valence-electron chi connectivity index (χ0n) is 14.1. The van der Waals surface area contributed by atoms with Gasteiger partial charge in [0.1, 0.15) is 5.75 Å². The summed E-state index contributed by atoms with van der Waals surface area (Å²) >= 11 is 0. The number of aliphatic hydroxyl groups is 1. The fourth-order valence-corrected chi connectivity index (χ4v) is 2.82. The molecule has 124 valence electrons. The molecule has 3 nitrogen and oxygen atoms in total. The molecule has 0 aliphatic carbocycles. The van der Waals surface area contributed by atoms with Crippen molar-refractivity contribution in [1.29, 1.82) is 0 Å². The van der Waals surface area contributed by atoms with Crippen LogP contribution < -0.4 is 4.74 Å². The Labute approximate surface area is 139 Å². The monoisotopic (exact) mass is 313 g/mol. The van der Waals surface area contributed by atoms with Crippen LogP contribution in [-0.2, 0) is 13.1 Å². The van der Waals surface area contributed by atoms with Crippen molar-refractivity contribution in [2.45, 2.75) is 39.0 Å². The smallest absolute Gasteiger partial charge is 0.123 e. The van der Waals surface area contributed by atoms with Gasteiger partial charge in [-0.05, 0) is 18.1 Å². The number of para-hydroxylation sites is 1. The van der Waals surface area contributed by atoms with Gasteiger partial charge in [0.2, 0.25) is 0 Å². The van der Waals surface area contributed by atoms with Crippen LogP contribution in [0.1, 0.15) is 30.9 Å². The summed E-state index contributed by atoms with van der Waals surface area (Å²) in [6, 6.07) is 18.5. The predicted molar refractivity (Wildman–Crippen MR) is 94.5 cm³/mol. The lowest BCUT2D eigenvalue weighted by Gasteiger charge is -2.26. The van der Waals surface area contributed by atoms with E-state index in [1.54, 1.807) is 7.11 Å². The van der Waals surface area contributed by atoms with Gasteiger partial charge in [-0.3, -0.25) is 4.90 Å². The van der Waals surface area contributed by atoms with Crippen molar-refractivity contribution in [3.63, 3.8) is 0 Å². The first-order valence-electron chi connectivity index (χ1n) is 8.29. The molecule has 0 radical (unpaired) electrons. The summed E-state index contributed by atoms with van der Waals surface area (Å²) in [5.74, 6) is 0.899. The van der Waals surface area contributed by atoms with Gasteiger partial charge in [-0.2, -0.15) is 0 Å². The van der Waals surface area contributed by atoms with Crippen LogP contribution >= 0.6 is 0 Å². The van der Waals surface area contributed by atoms with Crippen LogP contribution in [0.3, 0.4) is 0 Å². The highest BCUT2D eigenvalue weighted by Crippen LogP contribution is 2.20. The third-order valence-corrected chi connectivity index (χ3v) is 3.93. The maximum atomic E-state index is 10.2. The molecule has 0 spiro atoms. The molecule has 1 atom stereocenters. The van der Waals surface area contributed by atoms with E-state index in [0.29, 0.717) is 6.54 Å². The van der Waals surface area contributed by atoms with Crippen molar-refractivity contribution < 1.29 is 9.84 Å². The molecule has 2 rings (SSSR count). The average Bonchev–Trinajstić information content (AvgIpc) is 2.56. The highest BCUT2D eigenvalue weighted by molar-refractivity contribution is 5.33. The van der Waals surface area contributed by atoms with Crippen molar-refractivity contribution >= 4 is 0 Å². The maximum absolute atomic E-state index is 10.2. The number of methoxy groups -OCH3 is 1. The van der Waals surface area contributed by atoms with Gasteiger partial charge in [0.05, 0.1) is 13.2 Å². The molecule has 2 aromatic rings. The van der Waals surface area contributed by atoms with Gasteiger partial charge in [0.15, 0.2) is 0 Å². The van der Waals surface area contributed by atoms with Crippen molar-refractivity contribution in [1.82, 2.24) is 4.90 Å². The third kappa shape index (κ3) is 5.70. The Morgan fingerprint density at radius 2 is 1.70 bits per heavy atom. The molecular weight excluding hydrogens is 286 g/mol. The Kier molecular flexibility index (Phi) is 7.11. The maximum Gasteiger partial charge on any atom is 0.123 e. The number of rotatable bonds is 9. The molecule has 1 N–H and O–H groups in total. The standard InChI is InChI=1S/C20H27NO2/c1-3-9-19(22)16-21(14-17-10-5-4-6-11-17)15-18-12-7-8-13-20(18)23-2/h4-8,10-13,19,22H,3,9,14-16H2,1-2H3/t19-/m0/s1. The summed E-state index contributed by atoms with van der Waals surface area (Å²) < 4.78 is 5.46. The van der Waals surface area contributed by atoms with Crippen LogP contribution in [0.5, 0.6) is 5.75 Å². The van der Waals surface area contributed by atoms with E-state index >= 15 is 0 Å². The van der Waals surface area contributed by atoms with E-state index in [1.165, 1.54) is 5.56 Å². The number of nitrogens with zero attached hydrogens (tertiary/aromatic N) is 1. The fourth-order valence-electron chi connectivity index (χ4n) is 2.82. The molecule has 0 unspecified atom stereocenters. The summed E-state index contributed by atoms with van der Waals surface area (Å²) in [6.07, 6.45) is 1.53. The normalized spacial score (nSPS) is 12.3. The average molecular weight is 313 g/mol. The topological polar surface area (TPSA) is 32.7 Å². The van der Waals surface area contributed by atoms with Crippen molar-refractivity contribution in [3.8, 4) is 5.75 Å². The quantitative estimate of drug-likeness (QED) is 0.763. The van der Waals surface area contributed by atoms with E-state index < -0.39 is 0 Å². The Bertz CT molecular complexity index is 571. The minimum atomic E-state index is -0.293. The Hall–Kier alpha value is -1.84. The second-order valence-corrected chi connectivity index (χ2v) is 5.91. The first-order valence-corrected chi connectivity index (χ1v) is 8.29. The van der Waals surface area contributed by atoms with Gasteiger partial charge >= 0.3 is 0 Å². The number of hydrogen-bond donors (Lipinski definition) is 1. The van der Waals surface area contributed by atoms with Gasteiger partial charge < -0.3 is 9.84 Å². The molecule has 0 amide bonds. The lowest BCUT2D eigenvalue weighted by Crippen LogP contribution is -2.31. The molecule has 0 heterocycles. The largest absolute Gasteiger partial charge is 0.496 e. The summed E-state index contributed by atoms with van der Waals surface area (Å²) in [5.41, 5.74) is 2.40. The SMILES string of the molecule is CCC[C@H](O)CN(Cc1ccccc1)Cc1ccccc1OC. The van der Waals surface area contributed by atoms with Crippen molar-refractivity contribution in [2.75, 3.05) is 13.7 Å². The van der Waals surface area contributed by atoms with Gasteiger partial charge in [0, 0.05) is 25.2 Å². The number of ether oxygens (including phenoxy) is 1. The van der Waals surface area contributed by atoms with E-state index in [2.05, 4.69) is 42.2 Å². The van der Waals surface area contributed by atoms with Crippen LogP contribution in [0.4, 0.5) is 0 Å². The fraction of sp³-hybridized carbons (Fsp3) is 0.400. The molecule has 0 aliphatic rings. The van der Waals surface area contributed by atoms with Gasteiger partial charge in [0.25, 0.3) is 0 Å².